The summed E-state index contributed by atoms with van der Waals surface area (Å²) in [5, 5.41) is 0. The van der Waals surface area contributed by atoms with Gasteiger partial charge in [-0.05, 0) is 87.8 Å². The fourth-order valence-electron chi connectivity index (χ4n) is 3.64. The second-order valence-corrected chi connectivity index (χ2v) is 13.8. The van der Waals surface area contributed by atoms with Crippen LogP contribution in [0.3, 0.4) is 0 Å². The average Bonchev–Trinajstić information content (AvgIpc) is 2.70. The zero-order chi connectivity index (χ0) is 22.8. The molecule has 0 aromatic heterocycles. The lowest BCUT2D eigenvalue weighted by Crippen LogP contribution is -2.32. The predicted octanol–water partition coefficient (Wildman–Crippen LogP) is 6.17. The molecular weight excluding hydrogens is 408 g/mol. The Morgan fingerprint density at radius 3 is 2.16 bits per heavy atom. The van der Waals surface area contributed by atoms with Crippen molar-refractivity contribution in [3.63, 3.8) is 0 Å². The molecule has 5 nitrogen and oxygen atoms in total. The summed E-state index contributed by atoms with van der Waals surface area (Å²) in [4.78, 5) is 0. The van der Waals surface area contributed by atoms with Crippen molar-refractivity contribution in [2.75, 3.05) is 21.3 Å². The summed E-state index contributed by atoms with van der Waals surface area (Å²) in [5.74, 6) is 3.52. The van der Waals surface area contributed by atoms with Crippen molar-refractivity contribution >= 4 is 20.2 Å². The van der Waals surface area contributed by atoms with Crippen molar-refractivity contribution in [3.8, 4) is 23.0 Å². The van der Waals surface area contributed by atoms with Crippen LogP contribution >= 0.6 is 0 Å². The number of benzene rings is 2. The molecule has 0 aliphatic carbocycles. The van der Waals surface area contributed by atoms with Crippen LogP contribution in [0.25, 0.3) is 11.8 Å². The van der Waals surface area contributed by atoms with Gasteiger partial charge in [-0.25, -0.2) is 0 Å². The Morgan fingerprint density at radius 2 is 1.61 bits per heavy atom. The molecule has 2 aromatic carbocycles. The van der Waals surface area contributed by atoms with E-state index < -0.39 is 8.32 Å². The van der Waals surface area contributed by atoms with Gasteiger partial charge in [0.05, 0.1) is 21.3 Å². The third-order valence-corrected chi connectivity index (χ3v) is 5.96. The highest BCUT2D eigenvalue weighted by molar-refractivity contribution is 6.70. The highest BCUT2D eigenvalue weighted by Gasteiger charge is 2.27. The molecule has 31 heavy (non-hydrogen) atoms. The van der Waals surface area contributed by atoms with Crippen LogP contribution in [0.2, 0.25) is 19.6 Å². The van der Waals surface area contributed by atoms with E-state index in [2.05, 4.69) is 57.8 Å². The molecule has 2 aromatic rings. The van der Waals surface area contributed by atoms with Gasteiger partial charge in [-0.15, -0.1) is 0 Å². The zero-order valence-corrected chi connectivity index (χ0v) is 20.9. The van der Waals surface area contributed by atoms with Crippen molar-refractivity contribution in [3.05, 3.63) is 47.0 Å². The van der Waals surface area contributed by atoms with Crippen LogP contribution < -0.4 is 18.9 Å². The highest BCUT2D eigenvalue weighted by Crippen LogP contribution is 2.41. The average molecular weight is 443 g/mol. The van der Waals surface area contributed by atoms with E-state index in [1.54, 1.807) is 21.3 Å². The van der Waals surface area contributed by atoms with Gasteiger partial charge in [-0.3, -0.25) is 0 Å². The molecule has 0 fully saturated rings. The zero-order valence-electron chi connectivity index (χ0n) is 19.9. The first-order valence-corrected chi connectivity index (χ1v) is 14.0. The molecule has 1 heterocycles. The number of methoxy groups -OCH3 is 3. The summed E-state index contributed by atoms with van der Waals surface area (Å²) < 4.78 is 29.2. The molecule has 0 amide bonds. The van der Waals surface area contributed by atoms with E-state index in [0.717, 1.165) is 35.5 Å². The molecule has 168 valence electrons. The molecule has 1 aliphatic rings. The topological polar surface area (TPSA) is 46.2 Å². The van der Waals surface area contributed by atoms with Gasteiger partial charge in [0.2, 0.25) is 14.1 Å². The van der Waals surface area contributed by atoms with Crippen LogP contribution in [0, 0.1) is 0 Å². The number of hydrogen-bond acceptors (Lipinski definition) is 5. The van der Waals surface area contributed by atoms with E-state index in [4.69, 9.17) is 23.4 Å². The van der Waals surface area contributed by atoms with E-state index in [9.17, 15) is 0 Å². The van der Waals surface area contributed by atoms with Gasteiger partial charge in [-0.1, -0.05) is 6.07 Å². The van der Waals surface area contributed by atoms with E-state index in [1.807, 2.05) is 12.1 Å². The Labute approximate surface area is 187 Å². The fraction of sp³-hybridized carbons (Fsp3) is 0.440. The Bertz CT molecular complexity index is 947. The van der Waals surface area contributed by atoms with E-state index in [-0.39, 0.29) is 5.60 Å². The van der Waals surface area contributed by atoms with Gasteiger partial charge in [-0.2, -0.15) is 0 Å². The lowest BCUT2D eigenvalue weighted by Gasteiger charge is -2.32. The number of rotatable bonds is 7. The van der Waals surface area contributed by atoms with Crippen molar-refractivity contribution in [2.45, 2.75) is 51.9 Å². The predicted molar refractivity (Wildman–Crippen MR) is 128 cm³/mol. The van der Waals surface area contributed by atoms with Crippen LogP contribution in [0.1, 0.15) is 37.0 Å². The van der Waals surface area contributed by atoms with Gasteiger partial charge in [0.15, 0.2) is 11.5 Å². The first-order valence-electron chi connectivity index (χ1n) is 10.6. The minimum Gasteiger partial charge on any atom is -0.544 e. The summed E-state index contributed by atoms with van der Waals surface area (Å²) >= 11 is 0. The maximum Gasteiger partial charge on any atom is 0.242 e. The summed E-state index contributed by atoms with van der Waals surface area (Å²) in [6.45, 7) is 10.8. The quantitative estimate of drug-likeness (QED) is 0.292. The van der Waals surface area contributed by atoms with Gasteiger partial charge < -0.3 is 23.4 Å². The summed E-state index contributed by atoms with van der Waals surface area (Å²) in [7, 11) is 2.96. The molecule has 3 rings (SSSR count). The minimum absolute atomic E-state index is 0.118. The molecule has 0 saturated carbocycles. The van der Waals surface area contributed by atoms with Gasteiger partial charge in [0.1, 0.15) is 17.1 Å². The molecule has 0 spiro atoms. The normalized spacial score (nSPS) is 15.5. The Balaban J connectivity index is 2.08. The van der Waals surface area contributed by atoms with Crippen LogP contribution in [0.4, 0.5) is 0 Å². The first-order chi connectivity index (χ1) is 14.5. The van der Waals surface area contributed by atoms with Gasteiger partial charge in [0, 0.05) is 5.56 Å². The van der Waals surface area contributed by atoms with E-state index >= 15 is 0 Å². The number of hydrogen-bond donors (Lipinski definition) is 0. The lowest BCUT2D eigenvalue weighted by molar-refractivity contribution is 0.0847. The third-order valence-electron chi connectivity index (χ3n) is 5.13. The monoisotopic (exact) mass is 442 g/mol. The molecule has 0 radical (unpaired) electrons. The molecule has 0 atom stereocenters. The van der Waals surface area contributed by atoms with Crippen molar-refractivity contribution in [1.82, 2.24) is 0 Å². The van der Waals surface area contributed by atoms with Crippen molar-refractivity contribution in [2.24, 2.45) is 0 Å². The Hall–Kier alpha value is -2.60. The lowest BCUT2D eigenvalue weighted by atomic mass is 9.93. The molecule has 0 saturated heterocycles. The minimum atomic E-state index is -1.89. The first kappa shape index (κ1) is 23.1. The Morgan fingerprint density at radius 1 is 0.968 bits per heavy atom. The molecule has 0 unspecified atom stereocenters. The van der Waals surface area contributed by atoms with Gasteiger partial charge >= 0.3 is 0 Å². The van der Waals surface area contributed by atoms with Crippen LogP contribution in [-0.4, -0.2) is 35.2 Å². The van der Waals surface area contributed by atoms with Crippen molar-refractivity contribution in [1.29, 1.82) is 0 Å². The molecule has 0 N–H and O–H groups in total. The second kappa shape index (κ2) is 8.87. The standard InChI is InChI=1S/C25H34O5Si/c1-25(2)12-11-18-13-17(9-10-20(18)29-25)14-21(30-31(6,7)8)19-15-22(26-3)24(28-5)23(16-19)27-4/h9-10,13-16H,11-12H2,1-8H3. The molecule has 1 aliphatic heterocycles. The second-order valence-electron chi connectivity index (χ2n) is 9.37. The summed E-state index contributed by atoms with van der Waals surface area (Å²) in [6.07, 6.45) is 4.08. The van der Waals surface area contributed by atoms with E-state index in [1.165, 1.54) is 5.56 Å². The van der Waals surface area contributed by atoms with Crippen LogP contribution in [0.15, 0.2) is 30.3 Å². The van der Waals surface area contributed by atoms with Crippen molar-refractivity contribution < 1.29 is 23.4 Å². The van der Waals surface area contributed by atoms with E-state index in [0.29, 0.717) is 17.2 Å². The SMILES string of the molecule is COc1cc(C(=Cc2ccc3c(c2)CCC(C)(C)O3)O[Si](C)(C)C)cc(OC)c1OC. The van der Waals surface area contributed by atoms with Crippen LogP contribution in [-0.2, 0) is 10.8 Å². The molecule has 6 heteroatoms. The maximum atomic E-state index is 6.49. The molecule has 0 bridgehead atoms. The number of aryl methyl sites for hydroxylation is 1. The number of fused-ring (bicyclic) bond motifs is 1. The summed E-state index contributed by atoms with van der Waals surface area (Å²) in [6, 6.07) is 10.2. The largest absolute Gasteiger partial charge is 0.544 e. The molecular formula is C25H34O5Si. The Kier molecular flexibility index (Phi) is 6.60. The fourth-order valence-corrected chi connectivity index (χ4v) is 4.48. The summed E-state index contributed by atoms with van der Waals surface area (Å²) in [5.41, 5.74) is 3.06. The maximum absolute atomic E-state index is 6.49. The number of ether oxygens (including phenoxy) is 4. The van der Waals surface area contributed by atoms with Crippen LogP contribution in [0.5, 0.6) is 23.0 Å². The highest BCUT2D eigenvalue weighted by atomic mass is 28.4. The third kappa shape index (κ3) is 5.56. The van der Waals surface area contributed by atoms with Gasteiger partial charge in [0.25, 0.3) is 0 Å². The smallest absolute Gasteiger partial charge is 0.242 e.